The fraction of sp³-hybridized carbons (Fsp3) is 0.824. The van der Waals surface area contributed by atoms with Crippen LogP contribution in [0.5, 0.6) is 0 Å². The van der Waals surface area contributed by atoms with Gasteiger partial charge in [0, 0.05) is 25.0 Å². The molecule has 0 amide bonds. The Morgan fingerprint density at radius 1 is 1.20 bits per heavy atom. The van der Waals surface area contributed by atoms with Gasteiger partial charge < -0.3 is 5.32 Å². The molecule has 0 saturated heterocycles. The molecule has 1 fully saturated rings. The van der Waals surface area contributed by atoms with E-state index in [0.717, 1.165) is 25.0 Å². The fourth-order valence-corrected chi connectivity index (χ4v) is 3.35. The van der Waals surface area contributed by atoms with E-state index < -0.39 is 0 Å². The molecule has 1 saturated carbocycles. The third kappa shape index (κ3) is 4.93. The molecule has 1 N–H and O–H groups in total. The second-order valence-corrected chi connectivity index (χ2v) is 7.34. The summed E-state index contributed by atoms with van der Waals surface area (Å²) in [5.74, 6) is 0.901. The zero-order valence-corrected chi connectivity index (χ0v) is 13.4. The van der Waals surface area contributed by atoms with Gasteiger partial charge in [0.2, 0.25) is 0 Å². The Hall–Kier alpha value is -0.830. The maximum absolute atomic E-state index is 4.24. The van der Waals surface area contributed by atoms with Crippen molar-refractivity contribution in [1.29, 1.82) is 0 Å². The minimum absolute atomic E-state index is 0.481. The second kappa shape index (κ2) is 7.26. The first-order chi connectivity index (χ1) is 9.55. The molecule has 1 aromatic heterocycles. The average Bonchev–Trinajstić information content (AvgIpc) is 2.77. The van der Waals surface area contributed by atoms with Crippen molar-refractivity contribution in [3.8, 4) is 0 Å². The lowest BCUT2D eigenvalue weighted by Crippen LogP contribution is -2.30. The van der Waals surface area contributed by atoms with Gasteiger partial charge in [-0.2, -0.15) is 5.10 Å². The van der Waals surface area contributed by atoms with Crippen molar-refractivity contribution in [3.05, 3.63) is 18.5 Å². The lowest BCUT2D eigenvalue weighted by molar-refractivity contribution is 0.213. The van der Waals surface area contributed by atoms with Gasteiger partial charge >= 0.3 is 0 Å². The van der Waals surface area contributed by atoms with E-state index in [0.29, 0.717) is 5.41 Å². The van der Waals surface area contributed by atoms with E-state index in [1.807, 2.05) is 23.1 Å². The van der Waals surface area contributed by atoms with Crippen molar-refractivity contribution in [2.45, 2.75) is 71.9 Å². The topological polar surface area (TPSA) is 29.9 Å². The smallest absolute Gasteiger partial charge is 0.0489 e. The minimum Gasteiger partial charge on any atom is -0.314 e. The van der Waals surface area contributed by atoms with Gasteiger partial charge in [0.25, 0.3) is 0 Å². The first-order valence-electron chi connectivity index (χ1n) is 8.26. The Morgan fingerprint density at radius 2 is 2.05 bits per heavy atom. The Labute approximate surface area is 124 Å². The number of nitrogens with one attached hydrogen (secondary N) is 1. The summed E-state index contributed by atoms with van der Waals surface area (Å²) < 4.78 is 2.02. The minimum atomic E-state index is 0.481. The predicted molar refractivity (Wildman–Crippen MR) is 84.7 cm³/mol. The van der Waals surface area contributed by atoms with Gasteiger partial charge in [0.15, 0.2) is 0 Å². The van der Waals surface area contributed by atoms with Crippen LogP contribution in [0.3, 0.4) is 0 Å². The molecule has 0 radical (unpaired) electrons. The van der Waals surface area contributed by atoms with Gasteiger partial charge in [0.05, 0.1) is 0 Å². The molecule has 2 rings (SSSR count). The van der Waals surface area contributed by atoms with Crippen LogP contribution in [0.2, 0.25) is 0 Å². The number of aryl methyl sites for hydroxylation is 1. The maximum atomic E-state index is 4.24. The van der Waals surface area contributed by atoms with Gasteiger partial charge in [-0.15, -0.1) is 0 Å². The highest BCUT2D eigenvalue weighted by atomic mass is 15.3. The van der Waals surface area contributed by atoms with Crippen molar-refractivity contribution in [2.75, 3.05) is 6.54 Å². The molecule has 3 nitrogen and oxygen atoms in total. The molecule has 114 valence electrons. The number of nitrogens with zero attached hydrogens (tertiary/aromatic N) is 2. The third-order valence-corrected chi connectivity index (χ3v) is 4.75. The van der Waals surface area contributed by atoms with Gasteiger partial charge in [-0.25, -0.2) is 0 Å². The molecule has 0 bridgehead atoms. The summed E-state index contributed by atoms with van der Waals surface area (Å²) in [6.45, 7) is 9.34. The zero-order chi connectivity index (χ0) is 14.4. The number of hydrogen-bond acceptors (Lipinski definition) is 2. The Bertz CT molecular complexity index is 364. The van der Waals surface area contributed by atoms with Crippen LogP contribution in [0.1, 0.15) is 59.3 Å². The molecule has 1 aliphatic carbocycles. The van der Waals surface area contributed by atoms with E-state index in [1.165, 1.54) is 38.5 Å². The molecule has 1 aliphatic rings. The van der Waals surface area contributed by atoms with E-state index in [4.69, 9.17) is 0 Å². The molecule has 20 heavy (non-hydrogen) atoms. The number of aromatic nitrogens is 2. The van der Waals surface area contributed by atoms with Gasteiger partial charge in [-0.1, -0.05) is 27.2 Å². The monoisotopic (exact) mass is 277 g/mol. The molecule has 1 heterocycles. The molecule has 0 aromatic carbocycles. The summed E-state index contributed by atoms with van der Waals surface area (Å²) in [5, 5.41) is 8.00. The third-order valence-electron chi connectivity index (χ3n) is 4.75. The van der Waals surface area contributed by atoms with Crippen LogP contribution in [0.25, 0.3) is 0 Å². The summed E-state index contributed by atoms with van der Waals surface area (Å²) in [7, 11) is 0. The van der Waals surface area contributed by atoms with Crippen molar-refractivity contribution >= 4 is 0 Å². The van der Waals surface area contributed by atoms with Crippen LogP contribution < -0.4 is 5.32 Å². The summed E-state index contributed by atoms with van der Waals surface area (Å²) in [6, 6.07) is 2.73. The van der Waals surface area contributed by atoms with Crippen LogP contribution in [0, 0.1) is 11.3 Å². The molecule has 2 atom stereocenters. The number of hydrogen-bond donors (Lipinski definition) is 1. The summed E-state index contributed by atoms with van der Waals surface area (Å²) in [5.41, 5.74) is 0.481. The van der Waals surface area contributed by atoms with Gasteiger partial charge in [0.1, 0.15) is 0 Å². The molecule has 0 aliphatic heterocycles. The quantitative estimate of drug-likeness (QED) is 0.654. The van der Waals surface area contributed by atoms with E-state index in [2.05, 4.69) is 31.2 Å². The van der Waals surface area contributed by atoms with Crippen LogP contribution in [-0.4, -0.2) is 22.4 Å². The predicted octanol–water partition coefficient (Wildman–Crippen LogP) is 3.86. The molecule has 3 heteroatoms. The normalized spacial score (nSPS) is 24.6. The number of rotatable bonds is 5. The van der Waals surface area contributed by atoms with Crippen molar-refractivity contribution in [2.24, 2.45) is 11.3 Å². The fourth-order valence-electron chi connectivity index (χ4n) is 3.35. The van der Waals surface area contributed by atoms with Crippen molar-refractivity contribution < 1.29 is 0 Å². The van der Waals surface area contributed by atoms with Crippen LogP contribution in [0.4, 0.5) is 0 Å². The highest BCUT2D eigenvalue weighted by Crippen LogP contribution is 2.36. The Kier molecular flexibility index (Phi) is 5.64. The van der Waals surface area contributed by atoms with E-state index >= 15 is 0 Å². The standard InChI is InChI=1S/C17H31N3/c1-17(2,3)15-7-4-8-16(10-9-15)18-11-5-13-20-14-6-12-19-20/h6,12,14-16,18H,4-5,7-11,13H2,1-3H3. The first-order valence-corrected chi connectivity index (χ1v) is 8.26. The molecule has 2 unspecified atom stereocenters. The summed E-state index contributed by atoms with van der Waals surface area (Å²) in [4.78, 5) is 0. The van der Waals surface area contributed by atoms with Crippen LogP contribution in [0.15, 0.2) is 18.5 Å². The van der Waals surface area contributed by atoms with Gasteiger partial charge in [-0.05, 0) is 56.0 Å². The average molecular weight is 277 g/mol. The second-order valence-electron chi connectivity index (χ2n) is 7.34. The lowest BCUT2D eigenvalue weighted by Gasteiger charge is -2.29. The van der Waals surface area contributed by atoms with E-state index in [-0.39, 0.29) is 0 Å². The lowest BCUT2D eigenvalue weighted by atomic mass is 9.76. The molecular weight excluding hydrogens is 246 g/mol. The van der Waals surface area contributed by atoms with Gasteiger partial charge in [-0.3, -0.25) is 4.68 Å². The molecule has 1 aromatic rings. The SMILES string of the molecule is CC(C)(C)C1CCCC(NCCCn2cccn2)CC1. The zero-order valence-electron chi connectivity index (χ0n) is 13.4. The van der Waals surface area contributed by atoms with E-state index in [9.17, 15) is 0 Å². The van der Waals surface area contributed by atoms with Crippen molar-refractivity contribution in [3.63, 3.8) is 0 Å². The highest BCUT2D eigenvalue weighted by Gasteiger charge is 2.27. The largest absolute Gasteiger partial charge is 0.314 e. The highest BCUT2D eigenvalue weighted by molar-refractivity contribution is 4.81. The first kappa shape index (κ1) is 15.6. The summed E-state index contributed by atoms with van der Waals surface area (Å²) in [6.07, 6.45) is 12.0. The Morgan fingerprint density at radius 3 is 2.75 bits per heavy atom. The Balaban J connectivity index is 1.64. The van der Waals surface area contributed by atoms with Crippen LogP contribution >= 0.6 is 0 Å². The summed E-state index contributed by atoms with van der Waals surface area (Å²) >= 11 is 0. The van der Waals surface area contributed by atoms with Crippen molar-refractivity contribution in [1.82, 2.24) is 15.1 Å². The van der Waals surface area contributed by atoms with E-state index in [1.54, 1.807) is 0 Å². The van der Waals surface area contributed by atoms with Crippen LogP contribution in [-0.2, 0) is 6.54 Å². The molecule has 0 spiro atoms. The maximum Gasteiger partial charge on any atom is 0.0489 e. The molecular formula is C17H31N3.